The van der Waals surface area contributed by atoms with Crippen molar-refractivity contribution in [3.05, 3.63) is 53.1 Å². The molecule has 1 N–H and O–H groups in total. The molecule has 2 aromatic rings. The van der Waals surface area contributed by atoms with Crippen LogP contribution in [0.5, 0.6) is 0 Å². The maximum absolute atomic E-state index is 13.7. The average molecular weight is 301 g/mol. The Morgan fingerprint density at radius 3 is 2.63 bits per heavy atom. The summed E-state index contributed by atoms with van der Waals surface area (Å²) in [6.07, 6.45) is 1.11. The molecule has 1 heterocycles. The first kappa shape index (κ1) is 13.8. The highest BCUT2D eigenvalue weighted by molar-refractivity contribution is 7.92. The second-order valence-electron chi connectivity index (χ2n) is 3.86. The van der Waals surface area contributed by atoms with Gasteiger partial charge in [-0.3, -0.25) is 4.72 Å². The van der Waals surface area contributed by atoms with Crippen LogP contribution in [-0.4, -0.2) is 13.4 Å². The summed E-state index contributed by atoms with van der Waals surface area (Å²) in [6, 6.07) is 7.12. The van der Waals surface area contributed by atoms with Gasteiger partial charge in [-0.15, -0.1) is 0 Å². The number of aryl methyl sites for hydroxylation is 1. The summed E-state index contributed by atoms with van der Waals surface area (Å²) in [5.74, 6) is -0.604. The number of nitrogens with one attached hydrogen (secondary N) is 1. The molecule has 1 aromatic carbocycles. The molecule has 0 amide bonds. The molecule has 0 saturated carbocycles. The molecule has 4 nitrogen and oxygen atoms in total. The van der Waals surface area contributed by atoms with Crippen molar-refractivity contribution in [1.29, 1.82) is 0 Å². The van der Waals surface area contributed by atoms with Crippen LogP contribution in [0.4, 0.5) is 10.1 Å². The lowest BCUT2D eigenvalue weighted by Gasteiger charge is -2.09. The average Bonchev–Trinajstić information content (AvgIpc) is 2.35. The molecule has 7 heteroatoms. The summed E-state index contributed by atoms with van der Waals surface area (Å²) in [5.41, 5.74) is 0.254. The molecule has 0 saturated heterocycles. The first-order valence-electron chi connectivity index (χ1n) is 5.29. The summed E-state index contributed by atoms with van der Waals surface area (Å²) in [4.78, 5) is 3.59. The molecule has 0 aliphatic heterocycles. The highest BCUT2D eigenvalue weighted by Gasteiger charge is 2.17. The maximum atomic E-state index is 13.7. The number of sulfonamides is 1. The topological polar surface area (TPSA) is 59.1 Å². The monoisotopic (exact) mass is 300 g/mol. The first-order chi connectivity index (χ1) is 8.90. The van der Waals surface area contributed by atoms with Gasteiger partial charge in [0.15, 0.2) is 0 Å². The van der Waals surface area contributed by atoms with Crippen LogP contribution in [0, 0.1) is 12.7 Å². The van der Waals surface area contributed by atoms with Crippen molar-refractivity contribution < 1.29 is 12.8 Å². The van der Waals surface area contributed by atoms with E-state index in [9.17, 15) is 12.8 Å². The Bertz CT molecular complexity index is 702. The Morgan fingerprint density at radius 2 is 2.00 bits per heavy atom. The predicted octanol–water partition coefficient (Wildman–Crippen LogP) is 2.98. The zero-order chi connectivity index (χ0) is 14.0. The minimum absolute atomic E-state index is 0.0854. The summed E-state index contributed by atoms with van der Waals surface area (Å²) >= 11 is 5.58. The van der Waals surface area contributed by atoms with Crippen LogP contribution in [0.2, 0.25) is 5.15 Å². The van der Waals surface area contributed by atoms with E-state index in [1.165, 1.54) is 18.2 Å². The molecule has 1 aromatic heterocycles. The fourth-order valence-corrected chi connectivity index (χ4v) is 2.57. The Morgan fingerprint density at radius 1 is 1.26 bits per heavy atom. The maximum Gasteiger partial charge on any atom is 0.263 e. The Hall–Kier alpha value is -1.66. The fraction of sp³-hybridized carbons (Fsp3) is 0.0833. The van der Waals surface area contributed by atoms with E-state index in [2.05, 4.69) is 9.71 Å². The highest BCUT2D eigenvalue weighted by Crippen LogP contribution is 2.21. The number of halogens is 2. The van der Waals surface area contributed by atoms with Crippen molar-refractivity contribution in [3.8, 4) is 0 Å². The van der Waals surface area contributed by atoms with E-state index in [0.29, 0.717) is 5.56 Å². The third-order valence-corrected chi connectivity index (χ3v) is 4.02. The number of aromatic nitrogens is 1. The van der Waals surface area contributed by atoms with Crippen molar-refractivity contribution in [3.63, 3.8) is 0 Å². The normalized spacial score (nSPS) is 11.3. The lowest BCUT2D eigenvalue weighted by Crippen LogP contribution is -2.14. The summed E-state index contributed by atoms with van der Waals surface area (Å²) < 4.78 is 40.0. The van der Waals surface area contributed by atoms with Crippen molar-refractivity contribution in [2.75, 3.05) is 4.72 Å². The number of benzene rings is 1. The smallest absolute Gasteiger partial charge is 0.263 e. The Labute approximate surface area is 115 Å². The van der Waals surface area contributed by atoms with Crippen LogP contribution in [0.3, 0.4) is 0 Å². The predicted molar refractivity (Wildman–Crippen MR) is 71.2 cm³/mol. The van der Waals surface area contributed by atoms with Gasteiger partial charge in [-0.1, -0.05) is 23.7 Å². The molecule has 0 radical (unpaired) electrons. The van der Waals surface area contributed by atoms with Gasteiger partial charge in [0.25, 0.3) is 10.0 Å². The molecule has 0 unspecified atom stereocenters. The molecular weight excluding hydrogens is 291 g/mol. The van der Waals surface area contributed by atoms with E-state index < -0.39 is 15.8 Å². The van der Waals surface area contributed by atoms with Crippen LogP contribution in [-0.2, 0) is 10.0 Å². The Balaban J connectivity index is 2.36. The number of hydrogen-bond donors (Lipinski definition) is 1. The number of nitrogens with zero attached hydrogens (tertiary/aromatic N) is 1. The molecule has 100 valence electrons. The zero-order valence-electron chi connectivity index (χ0n) is 9.89. The van der Waals surface area contributed by atoms with Gasteiger partial charge in [-0.05, 0) is 30.7 Å². The standard InChI is InChI=1S/C12H10ClFN2O2S/c1-8-3-2-4-10(12(8)14)16-19(17,18)9-5-6-11(13)15-7-9/h2-7,16H,1H3. The van der Waals surface area contributed by atoms with E-state index in [0.717, 1.165) is 6.20 Å². The zero-order valence-corrected chi connectivity index (χ0v) is 11.5. The molecule has 0 bridgehead atoms. The van der Waals surface area contributed by atoms with Gasteiger partial charge in [-0.25, -0.2) is 17.8 Å². The van der Waals surface area contributed by atoms with Gasteiger partial charge in [-0.2, -0.15) is 0 Å². The van der Waals surface area contributed by atoms with Crippen molar-refractivity contribution in [1.82, 2.24) is 4.98 Å². The minimum atomic E-state index is -3.88. The van der Waals surface area contributed by atoms with E-state index >= 15 is 0 Å². The minimum Gasteiger partial charge on any atom is -0.277 e. The number of hydrogen-bond acceptors (Lipinski definition) is 3. The summed E-state index contributed by atoms with van der Waals surface area (Å²) in [7, 11) is -3.88. The summed E-state index contributed by atoms with van der Waals surface area (Å²) in [5, 5.41) is 0.181. The number of pyridine rings is 1. The number of anilines is 1. The van der Waals surface area contributed by atoms with Gasteiger partial charge in [0.1, 0.15) is 15.9 Å². The third-order valence-electron chi connectivity index (χ3n) is 2.45. The van der Waals surface area contributed by atoms with Gasteiger partial charge < -0.3 is 0 Å². The highest BCUT2D eigenvalue weighted by atomic mass is 35.5. The van der Waals surface area contributed by atoms with Gasteiger partial charge in [0.05, 0.1) is 5.69 Å². The molecular formula is C12H10ClFN2O2S. The van der Waals surface area contributed by atoms with Crippen molar-refractivity contribution >= 4 is 27.3 Å². The van der Waals surface area contributed by atoms with Crippen molar-refractivity contribution in [2.24, 2.45) is 0 Å². The molecule has 0 aliphatic rings. The third kappa shape index (κ3) is 3.02. The molecule has 0 fully saturated rings. The van der Waals surface area contributed by atoms with Crippen LogP contribution >= 0.6 is 11.6 Å². The Kier molecular flexibility index (Phi) is 3.73. The second-order valence-corrected chi connectivity index (χ2v) is 5.93. The fourth-order valence-electron chi connectivity index (χ4n) is 1.45. The quantitative estimate of drug-likeness (QED) is 0.887. The van der Waals surface area contributed by atoms with E-state index in [-0.39, 0.29) is 15.7 Å². The van der Waals surface area contributed by atoms with Crippen LogP contribution in [0.25, 0.3) is 0 Å². The lowest BCUT2D eigenvalue weighted by molar-refractivity contribution is 0.597. The van der Waals surface area contributed by atoms with E-state index in [1.54, 1.807) is 19.1 Å². The van der Waals surface area contributed by atoms with Crippen LogP contribution in [0.15, 0.2) is 41.4 Å². The molecule has 0 aliphatic carbocycles. The largest absolute Gasteiger partial charge is 0.277 e. The number of rotatable bonds is 3. The SMILES string of the molecule is Cc1cccc(NS(=O)(=O)c2ccc(Cl)nc2)c1F. The van der Waals surface area contributed by atoms with Crippen molar-refractivity contribution in [2.45, 2.75) is 11.8 Å². The summed E-state index contributed by atoms with van der Waals surface area (Å²) in [6.45, 7) is 1.55. The van der Waals surface area contributed by atoms with Crippen LogP contribution < -0.4 is 4.72 Å². The first-order valence-corrected chi connectivity index (χ1v) is 7.16. The molecule has 0 atom stereocenters. The second kappa shape index (κ2) is 5.14. The molecule has 2 rings (SSSR count). The van der Waals surface area contributed by atoms with E-state index in [4.69, 9.17) is 11.6 Å². The molecule has 19 heavy (non-hydrogen) atoms. The van der Waals surface area contributed by atoms with Gasteiger partial charge in [0.2, 0.25) is 0 Å². The lowest BCUT2D eigenvalue weighted by atomic mass is 10.2. The van der Waals surface area contributed by atoms with Crippen LogP contribution in [0.1, 0.15) is 5.56 Å². The molecule has 0 spiro atoms. The van der Waals surface area contributed by atoms with Gasteiger partial charge >= 0.3 is 0 Å². The van der Waals surface area contributed by atoms with Gasteiger partial charge in [0, 0.05) is 6.20 Å². The van der Waals surface area contributed by atoms with E-state index in [1.807, 2.05) is 0 Å².